The van der Waals surface area contributed by atoms with Crippen LogP contribution < -0.4 is 5.73 Å². The number of fused-ring (bicyclic) bond motifs is 2. The van der Waals surface area contributed by atoms with Gasteiger partial charge in [-0.25, -0.2) is 0 Å². The van der Waals surface area contributed by atoms with Crippen molar-refractivity contribution >= 4 is 0 Å². The summed E-state index contributed by atoms with van der Waals surface area (Å²) in [5.74, 6) is 0.505. The third-order valence-corrected chi connectivity index (χ3v) is 3.36. The van der Waals surface area contributed by atoms with Crippen LogP contribution in [0, 0.1) is 0 Å². The molecule has 14 heavy (non-hydrogen) atoms. The summed E-state index contributed by atoms with van der Waals surface area (Å²) in [5, 5.41) is 7.26. The number of hydrogen-bond donors (Lipinski definition) is 2. The number of nitrogens with one attached hydrogen (secondary N) is 1. The van der Waals surface area contributed by atoms with Crippen LogP contribution >= 0.6 is 0 Å². The Bertz CT molecular complexity index is 336. The molecule has 0 saturated carbocycles. The van der Waals surface area contributed by atoms with E-state index in [1.807, 2.05) is 0 Å². The third-order valence-electron chi connectivity index (χ3n) is 3.36. The SMILES string of the molecule is NCc1cc(C2CC3CCC2O3)n[nH]1. The van der Waals surface area contributed by atoms with Crippen LogP contribution in [0.3, 0.4) is 0 Å². The Hall–Kier alpha value is -0.870. The fraction of sp³-hybridized carbons (Fsp3) is 0.700. The fourth-order valence-electron chi connectivity index (χ4n) is 2.62. The molecule has 2 aliphatic rings. The Morgan fingerprint density at radius 3 is 3.07 bits per heavy atom. The monoisotopic (exact) mass is 193 g/mol. The maximum atomic E-state index is 5.80. The first-order valence-electron chi connectivity index (χ1n) is 5.26. The first-order valence-corrected chi connectivity index (χ1v) is 5.26. The molecule has 3 rings (SSSR count). The highest BCUT2D eigenvalue weighted by molar-refractivity contribution is 5.17. The van der Waals surface area contributed by atoms with Crippen molar-refractivity contribution in [3.05, 3.63) is 17.5 Å². The molecule has 4 nitrogen and oxygen atoms in total. The molecule has 0 aromatic carbocycles. The minimum Gasteiger partial charge on any atom is -0.374 e. The van der Waals surface area contributed by atoms with Crippen LogP contribution in [0.25, 0.3) is 0 Å². The van der Waals surface area contributed by atoms with Crippen molar-refractivity contribution in [1.29, 1.82) is 0 Å². The summed E-state index contributed by atoms with van der Waals surface area (Å²) in [6.07, 6.45) is 4.46. The topological polar surface area (TPSA) is 63.9 Å². The Kier molecular flexibility index (Phi) is 1.85. The summed E-state index contributed by atoms with van der Waals surface area (Å²) in [6, 6.07) is 2.08. The van der Waals surface area contributed by atoms with Gasteiger partial charge in [0.15, 0.2) is 0 Å². The molecule has 4 heteroatoms. The smallest absolute Gasteiger partial charge is 0.0683 e. The Labute approximate surface area is 82.8 Å². The zero-order chi connectivity index (χ0) is 9.54. The van der Waals surface area contributed by atoms with Crippen LogP contribution in [0.2, 0.25) is 0 Å². The Morgan fingerprint density at radius 2 is 2.50 bits per heavy atom. The van der Waals surface area contributed by atoms with Crippen LogP contribution in [-0.4, -0.2) is 22.4 Å². The van der Waals surface area contributed by atoms with E-state index in [2.05, 4.69) is 16.3 Å². The minimum absolute atomic E-state index is 0.411. The first kappa shape index (κ1) is 8.44. The predicted octanol–water partition coefficient (Wildman–Crippen LogP) is 0.903. The van der Waals surface area contributed by atoms with Crippen LogP contribution in [0.5, 0.6) is 0 Å². The normalized spacial score (nSPS) is 35.4. The molecular formula is C10H15N3O. The molecule has 0 radical (unpaired) electrons. The summed E-state index contributed by atoms with van der Waals surface area (Å²) in [4.78, 5) is 0. The average Bonchev–Trinajstić information content (AvgIpc) is 2.93. The molecule has 76 valence electrons. The molecule has 2 bridgehead atoms. The van der Waals surface area contributed by atoms with Gasteiger partial charge in [-0.15, -0.1) is 0 Å². The van der Waals surface area contributed by atoms with E-state index >= 15 is 0 Å². The van der Waals surface area contributed by atoms with Gasteiger partial charge in [-0.2, -0.15) is 5.10 Å². The van der Waals surface area contributed by atoms with Crippen molar-refractivity contribution in [2.75, 3.05) is 0 Å². The number of H-pyrrole nitrogens is 1. The fourth-order valence-corrected chi connectivity index (χ4v) is 2.62. The van der Waals surface area contributed by atoms with Crippen molar-refractivity contribution < 1.29 is 4.74 Å². The number of nitrogens with zero attached hydrogens (tertiary/aromatic N) is 1. The maximum absolute atomic E-state index is 5.80. The highest BCUT2D eigenvalue weighted by atomic mass is 16.5. The lowest BCUT2D eigenvalue weighted by atomic mass is 9.87. The van der Waals surface area contributed by atoms with Gasteiger partial charge in [0, 0.05) is 18.2 Å². The highest BCUT2D eigenvalue weighted by Crippen LogP contribution is 2.43. The van der Waals surface area contributed by atoms with Gasteiger partial charge in [0.25, 0.3) is 0 Å². The van der Waals surface area contributed by atoms with Gasteiger partial charge in [-0.1, -0.05) is 0 Å². The van der Waals surface area contributed by atoms with Gasteiger partial charge in [0.1, 0.15) is 0 Å². The van der Waals surface area contributed by atoms with E-state index in [9.17, 15) is 0 Å². The van der Waals surface area contributed by atoms with Gasteiger partial charge in [-0.3, -0.25) is 5.10 Å². The second kappa shape index (κ2) is 3.07. The average molecular weight is 193 g/mol. The van der Waals surface area contributed by atoms with E-state index in [1.165, 1.54) is 12.8 Å². The summed E-state index contributed by atoms with van der Waals surface area (Å²) in [5.41, 5.74) is 7.69. The van der Waals surface area contributed by atoms with Crippen molar-refractivity contribution in [2.45, 2.75) is 43.9 Å². The van der Waals surface area contributed by atoms with E-state index in [0.29, 0.717) is 24.7 Å². The summed E-state index contributed by atoms with van der Waals surface area (Å²) in [6.45, 7) is 0.536. The molecule has 2 aliphatic heterocycles. The molecule has 1 aromatic rings. The van der Waals surface area contributed by atoms with E-state index in [4.69, 9.17) is 10.5 Å². The lowest BCUT2D eigenvalue weighted by Gasteiger charge is -2.15. The number of aromatic nitrogens is 2. The standard InChI is InChI=1S/C10H15N3O/c11-5-6-3-9(13-12-6)8-4-7-1-2-10(8)14-7/h3,7-8,10H,1-2,4-5,11H2,(H,12,13). The molecular weight excluding hydrogens is 178 g/mol. The van der Waals surface area contributed by atoms with Crippen molar-refractivity contribution in [1.82, 2.24) is 10.2 Å². The number of aromatic amines is 1. The van der Waals surface area contributed by atoms with Gasteiger partial charge in [0.05, 0.1) is 17.9 Å². The zero-order valence-electron chi connectivity index (χ0n) is 8.07. The van der Waals surface area contributed by atoms with Crippen LogP contribution in [-0.2, 0) is 11.3 Å². The zero-order valence-corrected chi connectivity index (χ0v) is 8.07. The van der Waals surface area contributed by atoms with Crippen molar-refractivity contribution in [2.24, 2.45) is 5.73 Å². The Morgan fingerprint density at radius 1 is 1.57 bits per heavy atom. The molecule has 1 aromatic heterocycles. The summed E-state index contributed by atoms with van der Waals surface area (Å²) in [7, 11) is 0. The van der Waals surface area contributed by atoms with E-state index in [-0.39, 0.29) is 0 Å². The molecule has 2 saturated heterocycles. The molecule has 3 unspecified atom stereocenters. The second-order valence-corrected chi connectivity index (χ2v) is 4.24. The van der Waals surface area contributed by atoms with E-state index in [1.54, 1.807) is 0 Å². The molecule has 2 fully saturated rings. The second-order valence-electron chi connectivity index (χ2n) is 4.24. The van der Waals surface area contributed by atoms with Crippen molar-refractivity contribution in [3.63, 3.8) is 0 Å². The first-order chi connectivity index (χ1) is 6.86. The van der Waals surface area contributed by atoms with Gasteiger partial charge < -0.3 is 10.5 Å². The number of nitrogens with two attached hydrogens (primary N) is 1. The summed E-state index contributed by atoms with van der Waals surface area (Å²) < 4.78 is 5.80. The quantitative estimate of drug-likeness (QED) is 0.733. The molecule has 3 atom stereocenters. The van der Waals surface area contributed by atoms with E-state index in [0.717, 1.165) is 17.8 Å². The molecule has 3 N–H and O–H groups in total. The Balaban J connectivity index is 1.82. The van der Waals surface area contributed by atoms with Gasteiger partial charge in [-0.05, 0) is 25.3 Å². The maximum Gasteiger partial charge on any atom is 0.0683 e. The summed E-state index contributed by atoms with van der Waals surface area (Å²) >= 11 is 0. The largest absolute Gasteiger partial charge is 0.374 e. The molecule has 0 amide bonds. The lowest BCUT2D eigenvalue weighted by Crippen LogP contribution is -2.14. The molecule has 0 spiro atoms. The van der Waals surface area contributed by atoms with E-state index < -0.39 is 0 Å². The van der Waals surface area contributed by atoms with Crippen LogP contribution in [0.1, 0.15) is 36.6 Å². The predicted molar refractivity (Wildman–Crippen MR) is 51.7 cm³/mol. The van der Waals surface area contributed by atoms with Crippen LogP contribution in [0.4, 0.5) is 0 Å². The number of hydrogen-bond acceptors (Lipinski definition) is 3. The molecule has 0 aliphatic carbocycles. The number of ether oxygens (including phenoxy) is 1. The van der Waals surface area contributed by atoms with Gasteiger partial charge >= 0.3 is 0 Å². The van der Waals surface area contributed by atoms with Gasteiger partial charge in [0.2, 0.25) is 0 Å². The van der Waals surface area contributed by atoms with Crippen LogP contribution in [0.15, 0.2) is 6.07 Å². The lowest BCUT2D eigenvalue weighted by molar-refractivity contribution is 0.100. The third kappa shape index (κ3) is 1.18. The number of rotatable bonds is 2. The molecule has 3 heterocycles. The van der Waals surface area contributed by atoms with Crippen molar-refractivity contribution in [3.8, 4) is 0 Å². The highest BCUT2D eigenvalue weighted by Gasteiger charge is 2.42. The minimum atomic E-state index is 0.411.